The van der Waals surface area contributed by atoms with E-state index in [1.807, 2.05) is 6.92 Å². The van der Waals surface area contributed by atoms with Crippen molar-refractivity contribution in [2.24, 2.45) is 0 Å². The summed E-state index contributed by atoms with van der Waals surface area (Å²) in [4.78, 5) is 0. The molecule has 0 radical (unpaired) electrons. The Morgan fingerprint density at radius 2 is 2.05 bits per heavy atom. The molecule has 2 heteroatoms. The van der Waals surface area contributed by atoms with Gasteiger partial charge in [0.1, 0.15) is 5.82 Å². The fraction of sp³-hybridized carbons (Fsp3) is 0.294. The molecule has 0 saturated carbocycles. The van der Waals surface area contributed by atoms with Gasteiger partial charge in [0.2, 0.25) is 0 Å². The van der Waals surface area contributed by atoms with Gasteiger partial charge in [0.25, 0.3) is 0 Å². The number of fused-ring (bicyclic) bond motifs is 1. The number of halogens is 1. The first-order chi connectivity index (χ1) is 9.22. The third-order valence-electron chi connectivity index (χ3n) is 3.79. The summed E-state index contributed by atoms with van der Waals surface area (Å²) in [5.74, 6) is 0.357. The number of rotatable bonds is 2. The van der Waals surface area contributed by atoms with Gasteiger partial charge in [-0.05, 0) is 60.6 Å². The van der Waals surface area contributed by atoms with E-state index in [-0.39, 0.29) is 5.82 Å². The Hall–Kier alpha value is -1.83. The maximum Gasteiger partial charge on any atom is 0.123 e. The lowest BCUT2D eigenvalue weighted by Crippen LogP contribution is -2.18. The lowest BCUT2D eigenvalue weighted by Gasteiger charge is -2.26. The van der Waals surface area contributed by atoms with E-state index in [1.54, 1.807) is 12.1 Å². The molecule has 0 bridgehead atoms. The van der Waals surface area contributed by atoms with E-state index in [4.69, 9.17) is 0 Å². The SMILES string of the molecule is Cc1cc(F)cc(CC2CCNc3ccccc32)c1. The Labute approximate surface area is 113 Å². The Balaban J connectivity index is 1.88. The predicted molar refractivity (Wildman–Crippen MR) is 77.1 cm³/mol. The summed E-state index contributed by atoms with van der Waals surface area (Å²) in [5, 5.41) is 3.43. The van der Waals surface area contributed by atoms with Crippen molar-refractivity contribution in [3.63, 3.8) is 0 Å². The van der Waals surface area contributed by atoms with Crippen LogP contribution in [0.25, 0.3) is 0 Å². The minimum Gasteiger partial charge on any atom is -0.385 e. The van der Waals surface area contributed by atoms with Gasteiger partial charge in [-0.1, -0.05) is 24.3 Å². The largest absolute Gasteiger partial charge is 0.385 e. The highest BCUT2D eigenvalue weighted by molar-refractivity contribution is 5.55. The average Bonchev–Trinajstić information content (AvgIpc) is 2.38. The summed E-state index contributed by atoms with van der Waals surface area (Å²) in [6.45, 7) is 2.94. The molecule has 0 amide bonds. The van der Waals surface area contributed by atoms with Crippen LogP contribution in [0, 0.1) is 12.7 Å². The van der Waals surface area contributed by atoms with Crippen LogP contribution in [0.1, 0.15) is 29.0 Å². The van der Waals surface area contributed by atoms with Crippen molar-refractivity contribution in [2.75, 3.05) is 11.9 Å². The molecule has 1 heterocycles. The molecule has 1 aliphatic heterocycles. The fourth-order valence-electron chi connectivity index (χ4n) is 2.98. The van der Waals surface area contributed by atoms with Gasteiger partial charge in [-0.2, -0.15) is 0 Å². The van der Waals surface area contributed by atoms with Crippen molar-refractivity contribution < 1.29 is 4.39 Å². The van der Waals surface area contributed by atoms with Crippen LogP contribution in [0.15, 0.2) is 42.5 Å². The molecule has 2 aromatic carbocycles. The lowest BCUT2D eigenvalue weighted by atomic mass is 9.86. The Kier molecular flexibility index (Phi) is 3.24. The molecule has 0 aromatic heterocycles. The number of hydrogen-bond donors (Lipinski definition) is 1. The second kappa shape index (κ2) is 5.04. The van der Waals surface area contributed by atoms with E-state index >= 15 is 0 Å². The molecule has 0 spiro atoms. The summed E-state index contributed by atoms with van der Waals surface area (Å²) in [5.41, 5.74) is 4.68. The van der Waals surface area contributed by atoms with Crippen molar-refractivity contribution in [3.8, 4) is 0 Å². The second-order valence-electron chi connectivity index (χ2n) is 5.34. The third kappa shape index (κ3) is 2.62. The molecule has 0 fully saturated rings. The first-order valence-corrected chi connectivity index (χ1v) is 6.81. The minimum atomic E-state index is -0.128. The molecular formula is C17H18FN. The molecule has 1 atom stereocenters. The van der Waals surface area contributed by atoms with E-state index in [0.29, 0.717) is 5.92 Å². The summed E-state index contributed by atoms with van der Waals surface area (Å²) < 4.78 is 13.5. The molecule has 2 aromatic rings. The zero-order chi connectivity index (χ0) is 13.2. The number of para-hydroxylation sites is 1. The topological polar surface area (TPSA) is 12.0 Å². The first kappa shape index (κ1) is 12.2. The number of anilines is 1. The van der Waals surface area contributed by atoms with Crippen LogP contribution < -0.4 is 5.32 Å². The number of benzene rings is 2. The van der Waals surface area contributed by atoms with Crippen molar-refractivity contribution in [1.82, 2.24) is 0 Å². The molecule has 3 rings (SSSR count). The zero-order valence-electron chi connectivity index (χ0n) is 11.1. The Bertz CT molecular complexity index is 571. The van der Waals surface area contributed by atoms with E-state index in [0.717, 1.165) is 30.5 Å². The number of hydrogen-bond acceptors (Lipinski definition) is 1. The van der Waals surface area contributed by atoms with Gasteiger partial charge in [0.05, 0.1) is 0 Å². The summed E-state index contributed by atoms with van der Waals surface area (Å²) >= 11 is 0. The highest BCUT2D eigenvalue weighted by atomic mass is 19.1. The van der Waals surface area contributed by atoms with Crippen LogP contribution in [-0.4, -0.2) is 6.54 Å². The molecule has 98 valence electrons. The average molecular weight is 255 g/mol. The van der Waals surface area contributed by atoms with Crippen LogP contribution in [0.5, 0.6) is 0 Å². The van der Waals surface area contributed by atoms with E-state index in [9.17, 15) is 4.39 Å². The van der Waals surface area contributed by atoms with Gasteiger partial charge >= 0.3 is 0 Å². The zero-order valence-corrected chi connectivity index (χ0v) is 11.1. The molecule has 0 aliphatic carbocycles. The van der Waals surface area contributed by atoms with Crippen molar-refractivity contribution in [3.05, 3.63) is 65.0 Å². The second-order valence-corrected chi connectivity index (χ2v) is 5.34. The molecule has 0 saturated heterocycles. The monoisotopic (exact) mass is 255 g/mol. The Morgan fingerprint density at radius 1 is 1.21 bits per heavy atom. The van der Waals surface area contributed by atoms with Gasteiger partial charge in [0.15, 0.2) is 0 Å². The van der Waals surface area contributed by atoms with Crippen molar-refractivity contribution in [1.29, 1.82) is 0 Å². The number of aryl methyl sites for hydroxylation is 1. The van der Waals surface area contributed by atoms with Gasteiger partial charge in [0, 0.05) is 12.2 Å². The van der Waals surface area contributed by atoms with Crippen molar-refractivity contribution >= 4 is 5.69 Å². The third-order valence-corrected chi connectivity index (χ3v) is 3.79. The first-order valence-electron chi connectivity index (χ1n) is 6.81. The molecule has 1 N–H and O–H groups in total. The molecule has 1 aliphatic rings. The van der Waals surface area contributed by atoms with Crippen LogP contribution >= 0.6 is 0 Å². The normalized spacial score (nSPS) is 17.7. The predicted octanol–water partition coefficient (Wildman–Crippen LogP) is 4.28. The van der Waals surface area contributed by atoms with Gasteiger partial charge < -0.3 is 5.32 Å². The van der Waals surface area contributed by atoms with Gasteiger partial charge in [-0.15, -0.1) is 0 Å². The highest BCUT2D eigenvalue weighted by Gasteiger charge is 2.19. The van der Waals surface area contributed by atoms with E-state index in [1.165, 1.54) is 11.3 Å². The summed E-state index contributed by atoms with van der Waals surface area (Å²) in [7, 11) is 0. The van der Waals surface area contributed by atoms with Crippen LogP contribution in [0.3, 0.4) is 0 Å². The number of nitrogens with one attached hydrogen (secondary N) is 1. The van der Waals surface area contributed by atoms with Crippen molar-refractivity contribution in [2.45, 2.75) is 25.7 Å². The van der Waals surface area contributed by atoms with Crippen LogP contribution in [0.4, 0.5) is 10.1 Å². The van der Waals surface area contributed by atoms with Crippen LogP contribution in [-0.2, 0) is 6.42 Å². The standard InChI is InChI=1S/C17H18FN/c1-12-8-13(11-15(18)9-12)10-14-6-7-19-17-5-3-2-4-16(14)17/h2-5,8-9,11,14,19H,6-7,10H2,1H3. The highest BCUT2D eigenvalue weighted by Crippen LogP contribution is 2.33. The maximum absolute atomic E-state index is 13.5. The Morgan fingerprint density at radius 3 is 2.89 bits per heavy atom. The molecule has 1 unspecified atom stereocenters. The smallest absolute Gasteiger partial charge is 0.123 e. The quantitative estimate of drug-likeness (QED) is 0.844. The summed E-state index contributed by atoms with van der Waals surface area (Å²) in [6, 6.07) is 13.8. The maximum atomic E-state index is 13.5. The molecule has 1 nitrogen and oxygen atoms in total. The summed E-state index contributed by atoms with van der Waals surface area (Å²) in [6.07, 6.45) is 2.02. The van der Waals surface area contributed by atoms with Gasteiger partial charge in [-0.3, -0.25) is 0 Å². The molecule has 19 heavy (non-hydrogen) atoms. The molecular weight excluding hydrogens is 237 g/mol. The lowest BCUT2D eigenvalue weighted by molar-refractivity contribution is 0.605. The fourth-order valence-corrected chi connectivity index (χ4v) is 2.98. The minimum absolute atomic E-state index is 0.128. The van der Waals surface area contributed by atoms with E-state index < -0.39 is 0 Å². The van der Waals surface area contributed by atoms with Crippen LogP contribution in [0.2, 0.25) is 0 Å². The van der Waals surface area contributed by atoms with E-state index in [2.05, 4.69) is 35.6 Å². The van der Waals surface area contributed by atoms with Gasteiger partial charge in [-0.25, -0.2) is 4.39 Å².